The molecule has 2 aromatic rings. The first-order chi connectivity index (χ1) is 11.9. The van der Waals surface area contributed by atoms with Crippen LogP contribution in [0.1, 0.15) is 39.2 Å². The molecule has 0 radical (unpaired) electrons. The Morgan fingerprint density at radius 2 is 2.00 bits per heavy atom. The summed E-state index contributed by atoms with van der Waals surface area (Å²) in [5.41, 5.74) is 0.824. The average Bonchev–Trinajstić information content (AvgIpc) is 3.03. The van der Waals surface area contributed by atoms with E-state index < -0.39 is 5.60 Å². The minimum absolute atomic E-state index is 0.198. The van der Waals surface area contributed by atoms with Gasteiger partial charge in [-0.15, -0.1) is 11.3 Å². The molecule has 1 aromatic heterocycles. The number of amides is 1. The number of ether oxygens (including phenoxy) is 2. The Morgan fingerprint density at radius 3 is 2.72 bits per heavy atom. The van der Waals surface area contributed by atoms with Crippen molar-refractivity contribution in [1.29, 1.82) is 0 Å². The van der Waals surface area contributed by atoms with Gasteiger partial charge in [0.25, 0.3) is 0 Å². The van der Waals surface area contributed by atoms with E-state index in [2.05, 4.69) is 29.6 Å². The Morgan fingerprint density at radius 1 is 1.24 bits per heavy atom. The number of hydrogen-bond donors (Lipinski definition) is 0. The predicted octanol–water partition coefficient (Wildman–Crippen LogP) is 5.07. The highest BCUT2D eigenvalue weighted by molar-refractivity contribution is 7.17. The molecule has 0 unspecified atom stereocenters. The molecular weight excluding hydrogens is 334 g/mol. The van der Waals surface area contributed by atoms with Crippen molar-refractivity contribution in [3.05, 3.63) is 35.2 Å². The second kappa shape index (κ2) is 7.75. The Labute approximate surface area is 153 Å². The Balaban J connectivity index is 1.42. The van der Waals surface area contributed by atoms with Crippen molar-refractivity contribution in [3.8, 4) is 0 Å². The number of carbonyl (C=O) groups is 1. The van der Waals surface area contributed by atoms with Gasteiger partial charge in [0.1, 0.15) is 5.60 Å². The summed E-state index contributed by atoms with van der Waals surface area (Å²) >= 11 is 1.76. The van der Waals surface area contributed by atoms with Crippen LogP contribution >= 0.6 is 11.3 Å². The molecule has 4 nitrogen and oxygen atoms in total. The maximum Gasteiger partial charge on any atom is 0.410 e. The monoisotopic (exact) mass is 361 g/mol. The van der Waals surface area contributed by atoms with E-state index in [1.165, 1.54) is 15.6 Å². The van der Waals surface area contributed by atoms with Crippen LogP contribution in [0.25, 0.3) is 10.1 Å². The number of benzene rings is 1. The fourth-order valence-electron chi connectivity index (χ4n) is 3.13. The van der Waals surface area contributed by atoms with Gasteiger partial charge in [-0.3, -0.25) is 0 Å². The number of rotatable bonds is 4. The van der Waals surface area contributed by atoms with E-state index in [1.54, 1.807) is 11.3 Å². The largest absolute Gasteiger partial charge is 0.444 e. The second-order valence-electron chi connectivity index (χ2n) is 7.68. The lowest BCUT2D eigenvalue weighted by molar-refractivity contribution is 0.0106. The molecule has 1 saturated heterocycles. The predicted molar refractivity (Wildman–Crippen MR) is 102 cm³/mol. The highest BCUT2D eigenvalue weighted by atomic mass is 32.1. The fraction of sp³-hybridized carbons (Fsp3) is 0.550. The number of thiophene rings is 1. The quantitative estimate of drug-likeness (QED) is 0.763. The normalized spacial score (nSPS) is 16.4. The number of fused-ring (bicyclic) bond motifs is 1. The lowest BCUT2D eigenvalue weighted by atomic mass is 9.98. The van der Waals surface area contributed by atoms with Gasteiger partial charge >= 0.3 is 6.09 Å². The number of hydrogen-bond acceptors (Lipinski definition) is 4. The molecule has 0 bridgehead atoms. The maximum absolute atomic E-state index is 12.1. The number of carbonyl (C=O) groups excluding carboxylic acids is 1. The minimum atomic E-state index is -0.431. The van der Waals surface area contributed by atoms with Gasteiger partial charge in [-0.25, -0.2) is 4.79 Å². The zero-order valence-corrected chi connectivity index (χ0v) is 16.1. The lowest BCUT2D eigenvalue weighted by Crippen LogP contribution is -2.42. The van der Waals surface area contributed by atoms with Crippen LogP contribution in [0.2, 0.25) is 0 Å². The molecule has 1 aliphatic heterocycles. The van der Waals surface area contributed by atoms with Crippen molar-refractivity contribution in [2.45, 2.75) is 45.8 Å². The van der Waals surface area contributed by atoms with Gasteiger partial charge in [0, 0.05) is 24.4 Å². The van der Waals surface area contributed by atoms with E-state index in [4.69, 9.17) is 9.47 Å². The molecule has 25 heavy (non-hydrogen) atoms. The minimum Gasteiger partial charge on any atom is -0.444 e. The molecule has 0 N–H and O–H groups in total. The van der Waals surface area contributed by atoms with Crippen LogP contribution < -0.4 is 0 Å². The zero-order valence-electron chi connectivity index (χ0n) is 15.3. The van der Waals surface area contributed by atoms with Crippen LogP contribution in [0, 0.1) is 5.92 Å². The summed E-state index contributed by atoms with van der Waals surface area (Å²) in [6.45, 7) is 8.62. The molecule has 0 spiro atoms. The molecule has 1 fully saturated rings. The smallest absolute Gasteiger partial charge is 0.410 e. The van der Waals surface area contributed by atoms with Crippen molar-refractivity contribution >= 4 is 27.5 Å². The fourth-order valence-corrected chi connectivity index (χ4v) is 3.96. The second-order valence-corrected chi connectivity index (χ2v) is 8.62. The number of nitrogens with zero attached hydrogens (tertiary/aromatic N) is 1. The van der Waals surface area contributed by atoms with Gasteiger partial charge in [-0.05, 0) is 68.0 Å². The highest BCUT2D eigenvalue weighted by Crippen LogP contribution is 2.25. The molecule has 136 valence electrons. The van der Waals surface area contributed by atoms with Crippen LogP contribution in [0.15, 0.2) is 29.6 Å². The van der Waals surface area contributed by atoms with Crippen molar-refractivity contribution in [3.63, 3.8) is 0 Å². The van der Waals surface area contributed by atoms with Crippen molar-refractivity contribution in [1.82, 2.24) is 4.90 Å². The van der Waals surface area contributed by atoms with E-state index in [-0.39, 0.29) is 6.09 Å². The molecule has 2 heterocycles. The van der Waals surface area contributed by atoms with Crippen LogP contribution in [-0.2, 0) is 16.1 Å². The third-order valence-electron chi connectivity index (χ3n) is 4.46. The summed E-state index contributed by atoms with van der Waals surface area (Å²) in [6.07, 6.45) is 1.75. The first kappa shape index (κ1) is 18.2. The summed E-state index contributed by atoms with van der Waals surface area (Å²) in [5.74, 6) is 0.514. The van der Waals surface area contributed by atoms with Gasteiger partial charge < -0.3 is 14.4 Å². The Kier molecular flexibility index (Phi) is 5.64. The third-order valence-corrected chi connectivity index (χ3v) is 5.35. The first-order valence-electron chi connectivity index (χ1n) is 8.93. The molecule has 1 aromatic carbocycles. The summed E-state index contributed by atoms with van der Waals surface area (Å²) in [5, 5.41) is 3.42. The Hall–Kier alpha value is -1.59. The van der Waals surface area contributed by atoms with E-state index in [0.29, 0.717) is 12.5 Å². The summed E-state index contributed by atoms with van der Waals surface area (Å²) in [4.78, 5) is 13.9. The molecular formula is C20H27NO3S. The van der Waals surface area contributed by atoms with Crippen molar-refractivity contribution in [2.24, 2.45) is 5.92 Å². The lowest BCUT2D eigenvalue weighted by Gasteiger charge is -2.33. The molecule has 3 rings (SSSR count). The average molecular weight is 362 g/mol. The summed E-state index contributed by atoms with van der Waals surface area (Å²) in [6, 6.07) is 8.55. The molecule has 5 heteroatoms. The molecule has 0 atom stereocenters. The topological polar surface area (TPSA) is 38.8 Å². The van der Waals surface area contributed by atoms with Crippen LogP contribution in [-0.4, -0.2) is 36.3 Å². The van der Waals surface area contributed by atoms with Gasteiger partial charge in [-0.2, -0.15) is 0 Å². The van der Waals surface area contributed by atoms with Crippen molar-refractivity contribution in [2.75, 3.05) is 19.7 Å². The number of likely N-dealkylation sites (tertiary alicyclic amines) is 1. The van der Waals surface area contributed by atoms with Gasteiger partial charge in [0.2, 0.25) is 0 Å². The number of piperidine rings is 1. The first-order valence-corrected chi connectivity index (χ1v) is 9.81. The summed E-state index contributed by atoms with van der Waals surface area (Å²) < 4.78 is 12.7. The molecule has 1 aliphatic rings. The molecule has 0 aliphatic carbocycles. The van der Waals surface area contributed by atoms with Gasteiger partial charge in [0.15, 0.2) is 0 Å². The van der Waals surface area contributed by atoms with Gasteiger partial charge in [0.05, 0.1) is 6.61 Å². The van der Waals surface area contributed by atoms with E-state index in [9.17, 15) is 4.79 Å². The van der Waals surface area contributed by atoms with E-state index >= 15 is 0 Å². The van der Waals surface area contributed by atoms with Crippen molar-refractivity contribution < 1.29 is 14.3 Å². The van der Waals surface area contributed by atoms with Crippen LogP contribution in [0.3, 0.4) is 0 Å². The van der Waals surface area contributed by atoms with Crippen LogP contribution in [0.5, 0.6) is 0 Å². The standard InChI is InChI=1S/C20H27NO3S/c1-20(2,3)24-19(22)21-10-7-15(8-11-21)13-23-14-16-5-4-6-18-17(16)9-12-25-18/h4-6,9,12,15H,7-8,10-11,13-14H2,1-3H3. The Bertz CT molecular complexity index is 711. The van der Waals surface area contributed by atoms with E-state index in [0.717, 1.165) is 32.5 Å². The molecule has 1 amide bonds. The molecule has 0 saturated carbocycles. The van der Waals surface area contributed by atoms with E-state index in [1.807, 2.05) is 25.7 Å². The van der Waals surface area contributed by atoms with Crippen LogP contribution in [0.4, 0.5) is 4.79 Å². The highest BCUT2D eigenvalue weighted by Gasteiger charge is 2.26. The zero-order chi connectivity index (χ0) is 17.9. The maximum atomic E-state index is 12.1. The SMILES string of the molecule is CC(C)(C)OC(=O)N1CCC(COCc2cccc3sccc23)CC1. The van der Waals surface area contributed by atoms with Gasteiger partial charge in [-0.1, -0.05) is 12.1 Å². The third kappa shape index (κ3) is 4.95. The summed E-state index contributed by atoms with van der Waals surface area (Å²) in [7, 11) is 0.